The molecule has 6 nitrogen and oxygen atoms in total. The number of aromatic nitrogens is 4. The van der Waals surface area contributed by atoms with Crippen molar-refractivity contribution in [3.05, 3.63) is 41.2 Å². The maximum atomic E-state index is 14.6. The second-order valence-corrected chi connectivity index (χ2v) is 7.13. The molecule has 136 valence electrons. The minimum Gasteiger partial charge on any atom is -0.345 e. The van der Waals surface area contributed by atoms with E-state index in [9.17, 15) is 4.39 Å². The van der Waals surface area contributed by atoms with Crippen molar-refractivity contribution in [2.45, 2.75) is 37.3 Å². The van der Waals surface area contributed by atoms with Gasteiger partial charge in [0, 0.05) is 41.3 Å². The second kappa shape index (κ2) is 6.90. The summed E-state index contributed by atoms with van der Waals surface area (Å²) >= 11 is 6.07. The minimum atomic E-state index is -0.399. The first-order valence-corrected chi connectivity index (χ1v) is 9.04. The molecule has 0 amide bonds. The fraction of sp³-hybridized carbons (Fsp3) is 0.389. The first-order valence-electron chi connectivity index (χ1n) is 8.66. The van der Waals surface area contributed by atoms with Crippen LogP contribution in [0.1, 0.15) is 30.9 Å². The number of nitrogens with one attached hydrogen (secondary N) is 2. The number of hydrogen-bond donors (Lipinski definition) is 3. The van der Waals surface area contributed by atoms with Gasteiger partial charge in [-0.05, 0) is 26.0 Å². The molecule has 0 aromatic carbocycles. The highest BCUT2D eigenvalue weighted by molar-refractivity contribution is 6.31. The standard InChI is InChI=1S/C18H20ClFN6/c1-22-16-10(3-2-4-14(16)21)15-13(20)8-25-18(26-15)12-7-24-17-11(12)5-9(19)6-23-17/h5-8,10,14,16,22H,2-4,21H2,1H3,(H,23,24)/t10?,14-,16-/m0/s1. The molecule has 0 saturated heterocycles. The van der Waals surface area contributed by atoms with E-state index in [1.807, 2.05) is 7.05 Å². The molecule has 0 aliphatic heterocycles. The molecule has 1 aliphatic rings. The lowest BCUT2D eigenvalue weighted by Crippen LogP contribution is -2.50. The molecule has 3 aromatic rings. The maximum Gasteiger partial charge on any atom is 0.163 e. The van der Waals surface area contributed by atoms with Gasteiger partial charge in [-0.1, -0.05) is 18.0 Å². The summed E-state index contributed by atoms with van der Waals surface area (Å²) < 4.78 is 14.6. The SMILES string of the molecule is CN[C@H]1C(c2nc(-c3c[nH]c4ncc(Cl)cc34)ncc2F)CCC[C@@H]1N. The lowest BCUT2D eigenvalue weighted by molar-refractivity contribution is 0.292. The summed E-state index contributed by atoms with van der Waals surface area (Å²) in [6, 6.07) is 1.77. The van der Waals surface area contributed by atoms with Crippen molar-refractivity contribution in [2.75, 3.05) is 7.05 Å². The van der Waals surface area contributed by atoms with Crippen molar-refractivity contribution in [2.24, 2.45) is 5.73 Å². The summed E-state index contributed by atoms with van der Waals surface area (Å²) in [5, 5.41) is 4.56. The lowest BCUT2D eigenvalue weighted by Gasteiger charge is -2.35. The van der Waals surface area contributed by atoms with Gasteiger partial charge in [-0.2, -0.15) is 0 Å². The molecule has 4 N–H and O–H groups in total. The van der Waals surface area contributed by atoms with Gasteiger partial charge in [-0.3, -0.25) is 0 Å². The Kier molecular flexibility index (Phi) is 4.60. The van der Waals surface area contributed by atoms with Crippen LogP contribution >= 0.6 is 11.6 Å². The van der Waals surface area contributed by atoms with E-state index in [1.54, 1.807) is 18.5 Å². The van der Waals surface area contributed by atoms with Gasteiger partial charge in [-0.15, -0.1) is 0 Å². The number of halogens is 2. The van der Waals surface area contributed by atoms with Crippen LogP contribution in [0.15, 0.2) is 24.7 Å². The summed E-state index contributed by atoms with van der Waals surface area (Å²) in [4.78, 5) is 16.1. The van der Waals surface area contributed by atoms with Crippen molar-refractivity contribution in [1.82, 2.24) is 25.3 Å². The van der Waals surface area contributed by atoms with Crippen LogP contribution < -0.4 is 11.1 Å². The van der Waals surface area contributed by atoms with Gasteiger partial charge in [0.1, 0.15) is 5.65 Å². The van der Waals surface area contributed by atoms with Crippen molar-refractivity contribution < 1.29 is 4.39 Å². The molecule has 3 atom stereocenters. The van der Waals surface area contributed by atoms with Gasteiger partial charge in [0.25, 0.3) is 0 Å². The molecule has 0 bridgehead atoms. The van der Waals surface area contributed by atoms with Crippen LogP contribution in [0.5, 0.6) is 0 Å². The number of hydrogen-bond acceptors (Lipinski definition) is 5. The van der Waals surface area contributed by atoms with Crippen LogP contribution in [-0.4, -0.2) is 39.1 Å². The Balaban J connectivity index is 1.80. The number of nitrogens with zero attached hydrogens (tertiary/aromatic N) is 3. The molecule has 4 rings (SSSR count). The zero-order valence-corrected chi connectivity index (χ0v) is 15.1. The highest BCUT2D eigenvalue weighted by atomic mass is 35.5. The molecule has 0 radical (unpaired) electrons. The van der Waals surface area contributed by atoms with Gasteiger partial charge >= 0.3 is 0 Å². The van der Waals surface area contributed by atoms with Gasteiger partial charge in [0.05, 0.1) is 16.9 Å². The van der Waals surface area contributed by atoms with E-state index in [2.05, 4.69) is 25.3 Å². The number of likely N-dealkylation sites (N-methyl/N-ethyl adjacent to an activating group) is 1. The van der Waals surface area contributed by atoms with Gasteiger partial charge in [0.15, 0.2) is 11.6 Å². The average Bonchev–Trinajstić information content (AvgIpc) is 3.05. The van der Waals surface area contributed by atoms with Crippen molar-refractivity contribution in [3.63, 3.8) is 0 Å². The first kappa shape index (κ1) is 17.3. The zero-order valence-electron chi connectivity index (χ0n) is 14.3. The third kappa shape index (κ3) is 2.96. The number of aromatic amines is 1. The fourth-order valence-electron chi connectivity index (χ4n) is 3.89. The maximum absolute atomic E-state index is 14.6. The zero-order chi connectivity index (χ0) is 18.3. The Bertz CT molecular complexity index is 943. The average molecular weight is 375 g/mol. The number of H-pyrrole nitrogens is 1. The Morgan fingerprint density at radius 3 is 2.96 bits per heavy atom. The monoisotopic (exact) mass is 374 g/mol. The van der Waals surface area contributed by atoms with Crippen molar-refractivity contribution >= 4 is 22.6 Å². The Labute approximate surface area is 155 Å². The van der Waals surface area contributed by atoms with E-state index < -0.39 is 5.82 Å². The third-order valence-corrected chi connectivity index (χ3v) is 5.35. The minimum absolute atomic E-state index is 0.0138. The normalized spacial score (nSPS) is 23.5. The summed E-state index contributed by atoms with van der Waals surface area (Å²) in [5.41, 5.74) is 8.08. The molecule has 26 heavy (non-hydrogen) atoms. The second-order valence-electron chi connectivity index (χ2n) is 6.69. The molecule has 1 aliphatic carbocycles. The predicted molar refractivity (Wildman–Crippen MR) is 99.5 cm³/mol. The van der Waals surface area contributed by atoms with Crippen molar-refractivity contribution in [1.29, 1.82) is 0 Å². The topological polar surface area (TPSA) is 92.5 Å². The van der Waals surface area contributed by atoms with Crippen LogP contribution in [0, 0.1) is 5.82 Å². The van der Waals surface area contributed by atoms with Crippen LogP contribution in [0.2, 0.25) is 5.02 Å². The van der Waals surface area contributed by atoms with E-state index in [0.29, 0.717) is 22.2 Å². The highest BCUT2D eigenvalue weighted by Crippen LogP contribution is 2.34. The first-order chi connectivity index (χ1) is 12.6. The molecule has 1 saturated carbocycles. The molecule has 3 aromatic heterocycles. The Morgan fingerprint density at radius 1 is 1.31 bits per heavy atom. The molecule has 1 fully saturated rings. The van der Waals surface area contributed by atoms with Gasteiger partial charge in [0.2, 0.25) is 0 Å². The quantitative estimate of drug-likeness (QED) is 0.655. The Morgan fingerprint density at radius 2 is 2.15 bits per heavy atom. The summed E-state index contributed by atoms with van der Waals surface area (Å²) in [7, 11) is 1.86. The summed E-state index contributed by atoms with van der Waals surface area (Å²) in [5.74, 6) is -0.0350. The van der Waals surface area contributed by atoms with Crippen LogP contribution in [0.25, 0.3) is 22.4 Å². The molecule has 8 heteroatoms. The summed E-state index contributed by atoms with van der Waals surface area (Å²) in [6.07, 6.45) is 7.30. The molecular weight excluding hydrogens is 355 g/mol. The molecule has 3 heterocycles. The number of pyridine rings is 1. The van der Waals surface area contributed by atoms with E-state index >= 15 is 0 Å². The molecule has 0 spiro atoms. The van der Waals surface area contributed by atoms with Crippen LogP contribution in [0.3, 0.4) is 0 Å². The van der Waals surface area contributed by atoms with Crippen molar-refractivity contribution in [3.8, 4) is 11.4 Å². The van der Waals surface area contributed by atoms with E-state index in [0.717, 1.165) is 30.2 Å². The summed E-state index contributed by atoms with van der Waals surface area (Å²) in [6.45, 7) is 0. The number of rotatable bonds is 3. The Hall–Kier alpha value is -2.09. The third-order valence-electron chi connectivity index (χ3n) is 5.14. The fourth-order valence-corrected chi connectivity index (χ4v) is 4.04. The molecular formula is C18H20ClFN6. The lowest BCUT2D eigenvalue weighted by atomic mass is 9.79. The van der Waals surface area contributed by atoms with E-state index in [4.69, 9.17) is 17.3 Å². The highest BCUT2D eigenvalue weighted by Gasteiger charge is 2.34. The van der Waals surface area contributed by atoms with Gasteiger partial charge < -0.3 is 16.0 Å². The number of nitrogens with two attached hydrogens (primary N) is 1. The predicted octanol–water partition coefficient (Wildman–Crippen LogP) is 3.00. The largest absolute Gasteiger partial charge is 0.345 e. The van der Waals surface area contributed by atoms with E-state index in [1.165, 1.54) is 6.20 Å². The molecule has 1 unspecified atom stereocenters. The van der Waals surface area contributed by atoms with Crippen LogP contribution in [-0.2, 0) is 0 Å². The van der Waals surface area contributed by atoms with Gasteiger partial charge in [-0.25, -0.2) is 19.3 Å². The van der Waals surface area contributed by atoms with E-state index in [-0.39, 0.29) is 18.0 Å². The number of fused-ring (bicyclic) bond motifs is 1. The smallest absolute Gasteiger partial charge is 0.163 e. The van der Waals surface area contributed by atoms with Crippen LogP contribution in [0.4, 0.5) is 4.39 Å².